The molecule has 0 saturated heterocycles. The van der Waals surface area contributed by atoms with E-state index in [0.717, 1.165) is 51.4 Å². The number of rotatable bonds is 43. The number of allylic oxidation sites excluding steroid dienone is 2. The molecule has 0 radical (unpaired) electrons. The molecule has 0 amide bonds. The fraction of sp³-hybridized carbons (Fsp3) is 0.913. The molecule has 10 heteroatoms. The molecule has 0 fully saturated rings. The van der Waals surface area contributed by atoms with Crippen molar-refractivity contribution < 1.29 is 42.1 Å². The lowest BCUT2D eigenvalue weighted by Gasteiger charge is -2.28. The summed E-state index contributed by atoms with van der Waals surface area (Å²) in [5, 5.41) is 0. The van der Waals surface area contributed by atoms with Crippen molar-refractivity contribution in [1.29, 1.82) is 0 Å². The van der Waals surface area contributed by atoms with Crippen LogP contribution in [0.4, 0.5) is 0 Å². The Labute approximate surface area is 346 Å². The van der Waals surface area contributed by atoms with Gasteiger partial charge in [-0.3, -0.25) is 14.2 Å². The van der Waals surface area contributed by atoms with Crippen LogP contribution in [0.5, 0.6) is 0 Å². The molecule has 0 saturated carbocycles. The molecule has 0 aliphatic rings. The van der Waals surface area contributed by atoms with E-state index >= 15 is 0 Å². The fourth-order valence-corrected chi connectivity index (χ4v) is 7.32. The van der Waals surface area contributed by atoms with E-state index in [9.17, 15) is 19.0 Å². The Kier molecular flexibility index (Phi) is 38.3. The summed E-state index contributed by atoms with van der Waals surface area (Å²) in [6.07, 6.45) is 40.9. The monoisotopic (exact) mass is 816 g/mol. The molecule has 0 aliphatic carbocycles. The SMILES string of the molecule is CCCCCCCCC/C=C\CCCCCCCC(=O)OC[C@H](COP(=O)([O-])OCC[N+](C)(C)C)OC(=O)CCCCCCCCCCCCCCCCCC. The number of carbonyl (C=O) groups is 2. The highest BCUT2D eigenvalue weighted by atomic mass is 31.2. The maximum atomic E-state index is 12.7. The van der Waals surface area contributed by atoms with Gasteiger partial charge in [-0.2, -0.15) is 0 Å². The summed E-state index contributed by atoms with van der Waals surface area (Å²) >= 11 is 0. The molecule has 0 N–H and O–H groups in total. The molecule has 0 aromatic carbocycles. The number of quaternary nitrogens is 1. The van der Waals surface area contributed by atoms with Crippen molar-refractivity contribution in [3.05, 3.63) is 12.2 Å². The van der Waals surface area contributed by atoms with Crippen LogP contribution >= 0.6 is 7.82 Å². The Morgan fingerprint density at radius 3 is 1.32 bits per heavy atom. The number of unbranched alkanes of at least 4 members (excludes halogenated alkanes) is 27. The third-order valence-corrected chi connectivity index (χ3v) is 11.2. The molecule has 0 spiro atoms. The van der Waals surface area contributed by atoms with E-state index in [-0.39, 0.29) is 32.0 Å². The van der Waals surface area contributed by atoms with E-state index in [2.05, 4.69) is 26.0 Å². The Bertz CT molecular complexity index is 969. The summed E-state index contributed by atoms with van der Waals surface area (Å²) in [5.41, 5.74) is 0. The predicted octanol–water partition coefficient (Wildman–Crippen LogP) is 12.7. The van der Waals surface area contributed by atoms with Crippen molar-refractivity contribution in [3.8, 4) is 0 Å². The van der Waals surface area contributed by atoms with Crippen molar-refractivity contribution >= 4 is 19.8 Å². The van der Waals surface area contributed by atoms with Gasteiger partial charge in [0.15, 0.2) is 6.10 Å². The fourth-order valence-electron chi connectivity index (χ4n) is 6.59. The zero-order valence-corrected chi connectivity index (χ0v) is 38.2. The smallest absolute Gasteiger partial charge is 0.306 e. The summed E-state index contributed by atoms with van der Waals surface area (Å²) in [6.45, 7) is 4.25. The van der Waals surface area contributed by atoms with Gasteiger partial charge in [0.25, 0.3) is 7.82 Å². The Morgan fingerprint density at radius 2 is 0.911 bits per heavy atom. The molecular weight excluding hydrogens is 725 g/mol. The number of phosphoric acid groups is 1. The van der Waals surface area contributed by atoms with E-state index in [1.165, 1.54) is 135 Å². The predicted molar refractivity (Wildman–Crippen MR) is 231 cm³/mol. The summed E-state index contributed by atoms with van der Waals surface area (Å²) in [6, 6.07) is 0. The van der Waals surface area contributed by atoms with Crippen molar-refractivity contribution in [2.75, 3.05) is 47.5 Å². The second-order valence-corrected chi connectivity index (χ2v) is 18.5. The van der Waals surface area contributed by atoms with Gasteiger partial charge in [0.2, 0.25) is 0 Å². The largest absolute Gasteiger partial charge is 0.756 e. The molecule has 0 rings (SSSR count). The summed E-state index contributed by atoms with van der Waals surface area (Å²) in [4.78, 5) is 37.6. The number of phosphoric ester groups is 1. The molecule has 0 aromatic rings. The van der Waals surface area contributed by atoms with Crippen LogP contribution in [-0.4, -0.2) is 70.0 Å². The lowest BCUT2D eigenvalue weighted by molar-refractivity contribution is -0.870. The van der Waals surface area contributed by atoms with Crippen LogP contribution < -0.4 is 4.89 Å². The molecule has 9 nitrogen and oxygen atoms in total. The van der Waals surface area contributed by atoms with Crippen LogP contribution in [0.1, 0.15) is 219 Å². The van der Waals surface area contributed by atoms with Gasteiger partial charge >= 0.3 is 11.9 Å². The number of likely N-dealkylation sites (N-methyl/N-ethyl adjacent to an activating group) is 1. The third-order valence-electron chi connectivity index (χ3n) is 10.3. The van der Waals surface area contributed by atoms with Crippen LogP contribution in [-0.2, 0) is 32.7 Å². The minimum absolute atomic E-state index is 0.0288. The lowest BCUT2D eigenvalue weighted by atomic mass is 10.0. The van der Waals surface area contributed by atoms with Gasteiger partial charge in [-0.1, -0.05) is 180 Å². The number of esters is 2. The normalized spacial score (nSPS) is 13.6. The lowest BCUT2D eigenvalue weighted by Crippen LogP contribution is -2.37. The van der Waals surface area contributed by atoms with Crippen molar-refractivity contribution in [3.63, 3.8) is 0 Å². The first-order valence-electron chi connectivity index (χ1n) is 23.4. The number of ether oxygens (including phenoxy) is 2. The van der Waals surface area contributed by atoms with E-state index in [4.69, 9.17) is 18.5 Å². The zero-order chi connectivity index (χ0) is 41.4. The van der Waals surface area contributed by atoms with Crippen molar-refractivity contribution in [2.45, 2.75) is 225 Å². The molecule has 0 aromatic heterocycles. The van der Waals surface area contributed by atoms with E-state index in [1.807, 2.05) is 21.1 Å². The first-order chi connectivity index (χ1) is 27.0. The first-order valence-corrected chi connectivity index (χ1v) is 24.9. The van der Waals surface area contributed by atoms with Crippen molar-refractivity contribution in [1.82, 2.24) is 0 Å². The molecule has 0 heterocycles. The van der Waals surface area contributed by atoms with Crippen LogP contribution in [0.15, 0.2) is 12.2 Å². The molecule has 0 bridgehead atoms. The van der Waals surface area contributed by atoms with Crippen LogP contribution in [0.2, 0.25) is 0 Å². The highest BCUT2D eigenvalue weighted by molar-refractivity contribution is 7.45. The molecule has 332 valence electrons. The Hall–Kier alpha value is -1.25. The third kappa shape index (κ3) is 42.4. The van der Waals surface area contributed by atoms with Gasteiger partial charge in [0.1, 0.15) is 19.8 Å². The Morgan fingerprint density at radius 1 is 0.536 bits per heavy atom. The van der Waals surface area contributed by atoms with Gasteiger partial charge in [0, 0.05) is 12.8 Å². The highest BCUT2D eigenvalue weighted by Gasteiger charge is 2.21. The van der Waals surface area contributed by atoms with Gasteiger partial charge in [-0.15, -0.1) is 0 Å². The molecule has 2 atom stereocenters. The molecular formula is C46H90NO8P. The number of hydrogen-bond acceptors (Lipinski definition) is 8. The standard InChI is InChI=1S/C46H90NO8P/c1-6-8-10-12-14-16-18-20-22-24-26-28-30-32-34-36-38-45(48)52-42-44(43-54-56(50,51)53-41-40-47(3,4)5)55-46(49)39-37-35-33-31-29-27-25-23-21-19-17-15-13-11-9-7-2/h22,24,44H,6-21,23,25-43H2,1-5H3/b24-22-/t44-/m1/s1. The molecule has 56 heavy (non-hydrogen) atoms. The number of hydrogen-bond donors (Lipinski definition) is 0. The summed E-state index contributed by atoms with van der Waals surface area (Å²) < 4.78 is 33.9. The molecule has 0 aliphatic heterocycles. The average molecular weight is 816 g/mol. The van der Waals surface area contributed by atoms with E-state index in [0.29, 0.717) is 17.4 Å². The van der Waals surface area contributed by atoms with Crippen LogP contribution in [0.25, 0.3) is 0 Å². The minimum atomic E-state index is -4.62. The zero-order valence-electron chi connectivity index (χ0n) is 37.3. The van der Waals surface area contributed by atoms with Gasteiger partial charge in [-0.25, -0.2) is 0 Å². The topological polar surface area (TPSA) is 111 Å². The number of nitrogens with zero attached hydrogens (tertiary/aromatic N) is 1. The summed E-state index contributed by atoms with van der Waals surface area (Å²) in [5.74, 6) is -0.832. The minimum Gasteiger partial charge on any atom is -0.756 e. The number of carbonyl (C=O) groups excluding carboxylic acids is 2. The van der Waals surface area contributed by atoms with Gasteiger partial charge in [-0.05, 0) is 38.5 Å². The van der Waals surface area contributed by atoms with Crippen LogP contribution in [0.3, 0.4) is 0 Å². The van der Waals surface area contributed by atoms with Crippen LogP contribution in [0, 0.1) is 0 Å². The maximum Gasteiger partial charge on any atom is 0.306 e. The maximum absolute atomic E-state index is 12.7. The van der Waals surface area contributed by atoms with E-state index < -0.39 is 26.5 Å². The quantitative estimate of drug-likeness (QED) is 0.0197. The molecule has 1 unspecified atom stereocenters. The Balaban J connectivity index is 4.31. The van der Waals surface area contributed by atoms with Gasteiger partial charge in [0.05, 0.1) is 27.7 Å². The average Bonchev–Trinajstić information content (AvgIpc) is 3.15. The van der Waals surface area contributed by atoms with E-state index in [1.54, 1.807) is 0 Å². The van der Waals surface area contributed by atoms with Crippen molar-refractivity contribution in [2.24, 2.45) is 0 Å². The summed E-state index contributed by atoms with van der Waals surface area (Å²) in [7, 11) is 1.17. The highest BCUT2D eigenvalue weighted by Crippen LogP contribution is 2.38. The first kappa shape index (κ1) is 54.8. The van der Waals surface area contributed by atoms with Gasteiger partial charge < -0.3 is 27.9 Å². The second kappa shape index (κ2) is 39.2. The second-order valence-electron chi connectivity index (χ2n) is 17.1.